The van der Waals surface area contributed by atoms with Crippen LogP contribution < -0.4 is 9.64 Å². The molecule has 2 heterocycles. The zero-order valence-corrected chi connectivity index (χ0v) is 20.2. The Morgan fingerprint density at radius 2 is 1.61 bits per heavy atom. The molecule has 174 valence electrons. The summed E-state index contributed by atoms with van der Waals surface area (Å²) in [5.41, 5.74) is 2.24. The van der Waals surface area contributed by atoms with Crippen LogP contribution in [0.4, 0.5) is 5.69 Å². The van der Waals surface area contributed by atoms with Crippen molar-refractivity contribution in [2.24, 2.45) is 4.99 Å². The number of carbonyl (C=O) groups excluding carboxylic acids is 1. The summed E-state index contributed by atoms with van der Waals surface area (Å²) in [5, 5.41) is 0.821. The highest BCUT2D eigenvalue weighted by Crippen LogP contribution is 2.31. The molecule has 1 fully saturated rings. The SMILES string of the molecule is CCCCCCCOc1ccc(/C=C2\SC(N3CCN(c4ccccc4)CC3)=NC2=O)cc1. The van der Waals surface area contributed by atoms with E-state index in [1.807, 2.05) is 36.4 Å². The van der Waals surface area contributed by atoms with Gasteiger partial charge >= 0.3 is 0 Å². The van der Waals surface area contributed by atoms with Crippen LogP contribution in [0.5, 0.6) is 5.75 Å². The summed E-state index contributed by atoms with van der Waals surface area (Å²) in [6.07, 6.45) is 8.09. The Kier molecular flexibility index (Phi) is 8.47. The minimum absolute atomic E-state index is 0.145. The molecule has 4 rings (SSSR count). The number of piperazine rings is 1. The van der Waals surface area contributed by atoms with Crippen LogP contribution in [0.3, 0.4) is 0 Å². The number of benzene rings is 2. The van der Waals surface area contributed by atoms with E-state index in [0.29, 0.717) is 4.91 Å². The van der Waals surface area contributed by atoms with Crippen LogP contribution in [0.15, 0.2) is 64.5 Å². The van der Waals surface area contributed by atoms with Gasteiger partial charge < -0.3 is 14.5 Å². The Hall–Kier alpha value is -2.73. The minimum Gasteiger partial charge on any atom is -0.494 e. The number of hydrogen-bond acceptors (Lipinski definition) is 5. The summed E-state index contributed by atoms with van der Waals surface area (Å²) < 4.78 is 5.84. The highest BCUT2D eigenvalue weighted by Gasteiger charge is 2.28. The molecule has 0 bridgehead atoms. The monoisotopic (exact) mass is 463 g/mol. The van der Waals surface area contributed by atoms with Crippen molar-refractivity contribution < 1.29 is 9.53 Å². The molecule has 2 aromatic rings. The molecule has 1 amide bonds. The number of amidine groups is 1. The van der Waals surface area contributed by atoms with Crippen molar-refractivity contribution in [3.63, 3.8) is 0 Å². The van der Waals surface area contributed by atoms with Crippen molar-refractivity contribution >= 4 is 34.6 Å². The number of amides is 1. The molecule has 6 heteroatoms. The third-order valence-electron chi connectivity index (χ3n) is 5.98. The van der Waals surface area contributed by atoms with Crippen LogP contribution >= 0.6 is 11.8 Å². The molecule has 0 aliphatic carbocycles. The number of rotatable bonds is 9. The molecule has 0 saturated carbocycles. The topological polar surface area (TPSA) is 45.1 Å². The second-order valence-corrected chi connectivity index (χ2v) is 9.46. The van der Waals surface area contributed by atoms with E-state index in [1.165, 1.54) is 43.1 Å². The maximum atomic E-state index is 12.5. The average molecular weight is 464 g/mol. The quantitative estimate of drug-likeness (QED) is 0.346. The molecule has 2 aromatic carbocycles. The number of thioether (sulfide) groups is 1. The number of aliphatic imine (C=N–C) groups is 1. The van der Waals surface area contributed by atoms with Crippen LogP contribution in [0, 0.1) is 0 Å². The number of anilines is 1. The first-order valence-corrected chi connectivity index (χ1v) is 12.8. The summed E-state index contributed by atoms with van der Waals surface area (Å²) >= 11 is 1.48. The molecule has 33 heavy (non-hydrogen) atoms. The molecule has 1 saturated heterocycles. The van der Waals surface area contributed by atoms with Gasteiger partial charge in [0.25, 0.3) is 5.91 Å². The Morgan fingerprint density at radius 1 is 0.909 bits per heavy atom. The lowest BCUT2D eigenvalue weighted by molar-refractivity contribution is -0.113. The van der Waals surface area contributed by atoms with Gasteiger partial charge in [-0.05, 0) is 54.1 Å². The normalized spacial score (nSPS) is 17.5. The van der Waals surface area contributed by atoms with Crippen LogP contribution in [-0.4, -0.2) is 48.8 Å². The second-order valence-electron chi connectivity index (χ2n) is 8.45. The molecule has 0 atom stereocenters. The first-order valence-electron chi connectivity index (χ1n) is 12.0. The highest BCUT2D eigenvalue weighted by molar-refractivity contribution is 8.18. The maximum Gasteiger partial charge on any atom is 0.286 e. The van der Waals surface area contributed by atoms with Gasteiger partial charge in [0, 0.05) is 31.9 Å². The summed E-state index contributed by atoms with van der Waals surface area (Å²) in [4.78, 5) is 22.1. The summed E-state index contributed by atoms with van der Waals surface area (Å²) in [5.74, 6) is 0.735. The fourth-order valence-corrected chi connectivity index (χ4v) is 5.00. The van der Waals surface area contributed by atoms with Gasteiger partial charge in [-0.25, -0.2) is 0 Å². The highest BCUT2D eigenvalue weighted by atomic mass is 32.2. The van der Waals surface area contributed by atoms with Gasteiger partial charge in [0.1, 0.15) is 5.75 Å². The lowest BCUT2D eigenvalue weighted by atomic mass is 10.2. The third kappa shape index (κ3) is 6.64. The zero-order chi connectivity index (χ0) is 22.9. The standard InChI is InChI=1S/C27H33N3O2S/c1-2-3-4-5-9-20-32-24-14-12-22(13-15-24)21-25-26(31)28-27(33-25)30-18-16-29(17-19-30)23-10-7-6-8-11-23/h6-8,10-15,21H,2-5,9,16-20H2,1H3/b25-21-. The van der Waals surface area contributed by atoms with Crippen molar-refractivity contribution in [3.05, 3.63) is 65.1 Å². The largest absolute Gasteiger partial charge is 0.494 e. The van der Waals surface area contributed by atoms with E-state index < -0.39 is 0 Å². The van der Waals surface area contributed by atoms with Crippen molar-refractivity contribution in [1.29, 1.82) is 0 Å². The molecule has 0 unspecified atom stereocenters. The van der Waals surface area contributed by atoms with Crippen molar-refractivity contribution in [2.75, 3.05) is 37.7 Å². The molecule has 0 aromatic heterocycles. The van der Waals surface area contributed by atoms with E-state index in [1.54, 1.807) is 0 Å². The van der Waals surface area contributed by atoms with Crippen molar-refractivity contribution in [2.45, 2.75) is 39.0 Å². The van der Waals surface area contributed by atoms with E-state index in [2.05, 4.69) is 46.0 Å². The fourth-order valence-electron chi connectivity index (χ4n) is 4.04. The Balaban J connectivity index is 1.25. The Morgan fingerprint density at radius 3 is 2.33 bits per heavy atom. The van der Waals surface area contributed by atoms with Gasteiger partial charge in [0.05, 0.1) is 11.5 Å². The second kappa shape index (κ2) is 11.9. The van der Waals surface area contributed by atoms with Gasteiger partial charge in [-0.2, -0.15) is 4.99 Å². The minimum atomic E-state index is -0.145. The molecule has 2 aliphatic heterocycles. The van der Waals surface area contributed by atoms with E-state index in [4.69, 9.17) is 4.74 Å². The van der Waals surface area contributed by atoms with Crippen LogP contribution in [0.2, 0.25) is 0 Å². The molecule has 5 nitrogen and oxygen atoms in total. The summed E-state index contributed by atoms with van der Waals surface area (Å²) in [6, 6.07) is 18.4. The van der Waals surface area contributed by atoms with Gasteiger partial charge in [0.2, 0.25) is 0 Å². The van der Waals surface area contributed by atoms with E-state index >= 15 is 0 Å². The molecule has 0 radical (unpaired) electrons. The van der Waals surface area contributed by atoms with Gasteiger partial charge in [-0.15, -0.1) is 0 Å². The Labute approximate surface area is 201 Å². The number of ether oxygens (including phenoxy) is 1. The van der Waals surface area contributed by atoms with Crippen LogP contribution in [-0.2, 0) is 4.79 Å². The number of unbranched alkanes of at least 4 members (excludes halogenated alkanes) is 4. The number of para-hydroxylation sites is 1. The maximum absolute atomic E-state index is 12.5. The molecule has 2 aliphatic rings. The predicted molar refractivity (Wildman–Crippen MR) is 139 cm³/mol. The first-order chi connectivity index (χ1) is 16.2. The van der Waals surface area contributed by atoms with E-state index in [9.17, 15) is 4.79 Å². The predicted octanol–water partition coefficient (Wildman–Crippen LogP) is 5.83. The van der Waals surface area contributed by atoms with E-state index in [0.717, 1.165) is 55.7 Å². The third-order valence-corrected chi connectivity index (χ3v) is 7.02. The number of hydrogen-bond donors (Lipinski definition) is 0. The fraction of sp³-hybridized carbons (Fsp3) is 0.407. The average Bonchev–Trinajstić information content (AvgIpc) is 3.23. The summed E-state index contributed by atoms with van der Waals surface area (Å²) in [7, 11) is 0. The van der Waals surface area contributed by atoms with Crippen molar-refractivity contribution in [3.8, 4) is 5.75 Å². The Bertz CT molecular complexity index is 965. The van der Waals surface area contributed by atoms with Crippen LogP contribution in [0.25, 0.3) is 6.08 Å². The van der Waals surface area contributed by atoms with Gasteiger partial charge in [-0.1, -0.05) is 62.9 Å². The van der Waals surface area contributed by atoms with Crippen molar-refractivity contribution in [1.82, 2.24) is 4.90 Å². The molecular weight excluding hydrogens is 430 g/mol. The molecule has 0 N–H and O–H groups in total. The summed E-state index contributed by atoms with van der Waals surface area (Å²) in [6.45, 7) is 6.57. The first kappa shape index (κ1) is 23.4. The number of carbonyl (C=O) groups is 1. The van der Waals surface area contributed by atoms with Gasteiger partial charge in [-0.3, -0.25) is 4.79 Å². The molecule has 0 spiro atoms. The van der Waals surface area contributed by atoms with Gasteiger partial charge in [0.15, 0.2) is 5.17 Å². The smallest absolute Gasteiger partial charge is 0.286 e. The van der Waals surface area contributed by atoms with E-state index in [-0.39, 0.29) is 5.91 Å². The number of nitrogens with zero attached hydrogens (tertiary/aromatic N) is 3. The lowest BCUT2D eigenvalue weighted by Gasteiger charge is -2.36. The zero-order valence-electron chi connectivity index (χ0n) is 19.4. The lowest BCUT2D eigenvalue weighted by Crippen LogP contribution is -2.47. The van der Waals surface area contributed by atoms with Crippen LogP contribution in [0.1, 0.15) is 44.6 Å². The molecular formula is C27H33N3O2S.